The van der Waals surface area contributed by atoms with Crippen molar-refractivity contribution in [3.05, 3.63) is 35.4 Å². The normalized spacial score (nSPS) is 18.2. The number of nitrogens with two attached hydrogens (primary N) is 2. The quantitative estimate of drug-likeness (QED) is 0.697. The Hall–Kier alpha value is -1.62. The second-order valence-corrected chi connectivity index (χ2v) is 5.38. The second-order valence-electron chi connectivity index (χ2n) is 5.38. The van der Waals surface area contributed by atoms with Gasteiger partial charge >= 0.3 is 0 Å². The number of hydrogen-bond donors (Lipinski definition) is 3. The molecule has 0 heterocycles. The SMILES string of the molecule is CC(C)(C)[C@H](N)C(=O)NC1=CCC=C(F)C=C1N. The van der Waals surface area contributed by atoms with E-state index in [0.717, 1.165) is 0 Å². The molecule has 1 aliphatic rings. The van der Waals surface area contributed by atoms with Gasteiger partial charge in [0.25, 0.3) is 0 Å². The van der Waals surface area contributed by atoms with Crippen LogP contribution in [0.25, 0.3) is 0 Å². The lowest BCUT2D eigenvalue weighted by atomic mass is 9.87. The molecule has 0 saturated carbocycles. The predicted molar refractivity (Wildman–Crippen MR) is 69.7 cm³/mol. The van der Waals surface area contributed by atoms with Crippen LogP contribution in [0.3, 0.4) is 0 Å². The van der Waals surface area contributed by atoms with Gasteiger partial charge in [-0.25, -0.2) is 4.39 Å². The molecule has 1 aliphatic carbocycles. The van der Waals surface area contributed by atoms with Crippen molar-refractivity contribution in [1.29, 1.82) is 0 Å². The van der Waals surface area contributed by atoms with E-state index in [4.69, 9.17) is 11.5 Å². The van der Waals surface area contributed by atoms with Crippen LogP contribution in [0.2, 0.25) is 0 Å². The van der Waals surface area contributed by atoms with Gasteiger partial charge < -0.3 is 16.8 Å². The monoisotopic (exact) mass is 253 g/mol. The molecule has 1 atom stereocenters. The molecular formula is C13H20FN3O. The average molecular weight is 253 g/mol. The van der Waals surface area contributed by atoms with Crippen molar-refractivity contribution in [1.82, 2.24) is 5.32 Å². The van der Waals surface area contributed by atoms with Crippen LogP contribution < -0.4 is 16.8 Å². The highest BCUT2D eigenvalue weighted by atomic mass is 19.1. The van der Waals surface area contributed by atoms with Crippen LogP contribution in [0.15, 0.2) is 35.4 Å². The van der Waals surface area contributed by atoms with Gasteiger partial charge in [-0.3, -0.25) is 4.79 Å². The third kappa shape index (κ3) is 3.70. The number of amides is 1. The van der Waals surface area contributed by atoms with Crippen molar-refractivity contribution in [3.8, 4) is 0 Å². The predicted octanol–water partition coefficient (Wildman–Crippen LogP) is 1.46. The molecular weight excluding hydrogens is 233 g/mol. The molecule has 100 valence electrons. The van der Waals surface area contributed by atoms with Crippen LogP contribution in [0.5, 0.6) is 0 Å². The number of halogens is 1. The molecule has 18 heavy (non-hydrogen) atoms. The standard InChI is InChI=1S/C13H20FN3O/c1-13(2,3)11(16)12(18)17-10-6-4-5-8(14)7-9(10)15/h5-7,11H,4,15-16H2,1-3H3,(H,17,18)/t11-/m1/s1. The Balaban J connectivity index is 2.78. The Morgan fingerprint density at radius 3 is 2.61 bits per heavy atom. The molecule has 0 fully saturated rings. The smallest absolute Gasteiger partial charge is 0.241 e. The Morgan fingerprint density at radius 1 is 1.44 bits per heavy atom. The number of carbonyl (C=O) groups is 1. The van der Waals surface area contributed by atoms with Gasteiger partial charge in [-0.15, -0.1) is 0 Å². The fourth-order valence-electron chi connectivity index (χ4n) is 1.42. The minimum atomic E-state index is -0.660. The molecule has 0 radical (unpaired) electrons. The number of allylic oxidation sites excluding steroid dienone is 4. The van der Waals surface area contributed by atoms with Gasteiger partial charge in [0.05, 0.1) is 17.4 Å². The summed E-state index contributed by atoms with van der Waals surface area (Å²) < 4.78 is 13.1. The molecule has 0 bridgehead atoms. The third-order valence-electron chi connectivity index (χ3n) is 2.71. The van der Waals surface area contributed by atoms with E-state index in [2.05, 4.69) is 5.32 Å². The Kier molecular flexibility index (Phi) is 4.29. The first-order valence-corrected chi connectivity index (χ1v) is 5.81. The highest BCUT2D eigenvalue weighted by Crippen LogP contribution is 2.19. The summed E-state index contributed by atoms with van der Waals surface area (Å²) in [5, 5.41) is 2.64. The van der Waals surface area contributed by atoms with Crippen LogP contribution in [0.4, 0.5) is 4.39 Å². The Bertz CT molecular complexity index is 430. The van der Waals surface area contributed by atoms with Gasteiger partial charge in [-0.1, -0.05) is 26.8 Å². The minimum absolute atomic E-state index is 0.190. The van der Waals surface area contributed by atoms with E-state index >= 15 is 0 Å². The Labute approximate surface area is 107 Å². The third-order valence-corrected chi connectivity index (χ3v) is 2.71. The zero-order chi connectivity index (χ0) is 13.9. The summed E-state index contributed by atoms with van der Waals surface area (Å²) in [6.07, 6.45) is 4.60. The minimum Gasteiger partial charge on any atom is -0.397 e. The number of rotatable bonds is 2. The van der Waals surface area contributed by atoms with Crippen molar-refractivity contribution in [3.63, 3.8) is 0 Å². The van der Waals surface area contributed by atoms with Crippen LogP contribution in [0.1, 0.15) is 27.2 Å². The van der Waals surface area contributed by atoms with Gasteiger partial charge in [0.1, 0.15) is 5.83 Å². The van der Waals surface area contributed by atoms with E-state index in [0.29, 0.717) is 12.1 Å². The van der Waals surface area contributed by atoms with E-state index in [1.807, 2.05) is 20.8 Å². The summed E-state index contributed by atoms with van der Waals surface area (Å²) in [5.74, 6) is -0.736. The highest BCUT2D eigenvalue weighted by molar-refractivity contribution is 5.84. The summed E-state index contributed by atoms with van der Waals surface area (Å²) in [4.78, 5) is 11.9. The molecule has 0 spiro atoms. The van der Waals surface area contributed by atoms with Crippen LogP contribution in [0, 0.1) is 5.41 Å². The number of carbonyl (C=O) groups excluding carboxylic acids is 1. The molecule has 4 nitrogen and oxygen atoms in total. The lowest BCUT2D eigenvalue weighted by Gasteiger charge is -2.26. The number of nitrogens with one attached hydrogen (secondary N) is 1. The molecule has 5 heteroatoms. The van der Waals surface area contributed by atoms with Crippen molar-refractivity contribution in [2.75, 3.05) is 0 Å². The van der Waals surface area contributed by atoms with Gasteiger partial charge in [-0.2, -0.15) is 0 Å². The van der Waals surface area contributed by atoms with Crippen molar-refractivity contribution >= 4 is 5.91 Å². The van der Waals surface area contributed by atoms with Gasteiger partial charge in [-0.05, 0) is 24.0 Å². The number of hydrogen-bond acceptors (Lipinski definition) is 3. The molecule has 0 aliphatic heterocycles. The molecule has 5 N–H and O–H groups in total. The van der Waals surface area contributed by atoms with E-state index in [1.54, 1.807) is 6.08 Å². The summed E-state index contributed by atoms with van der Waals surface area (Å²) in [6.45, 7) is 5.62. The fraction of sp³-hybridized carbons (Fsp3) is 0.462. The maximum absolute atomic E-state index is 13.1. The maximum Gasteiger partial charge on any atom is 0.241 e. The van der Waals surface area contributed by atoms with Crippen molar-refractivity contribution in [2.45, 2.75) is 33.2 Å². The first-order valence-electron chi connectivity index (χ1n) is 5.81. The van der Waals surface area contributed by atoms with E-state index in [9.17, 15) is 9.18 Å². The van der Waals surface area contributed by atoms with Crippen molar-refractivity contribution in [2.24, 2.45) is 16.9 Å². The lowest BCUT2D eigenvalue weighted by molar-refractivity contribution is -0.123. The summed E-state index contributed by atoms with van der Waals surface area (Å²) >= 11 is 0. The van der Waals surface area contributed by atoms with Crippen molar-refractivity contribution < 1.29 is 9.18 Å². The average Bonchev–Trinajstić information content (AvgIpc) is 2.38. The first-order chi connectivity index (χ1) is 8.21. The molecule has 0 aromatic carbocycles. The van der Waals surface area contributed by atoms with E-state index in [1.165, 1.54) is 12.2 Å². The van der Waals surface area contributed by atoms with Crippen LogP contribution in [-0.4, -0.2) is 11.9 Å². The van der Waals surface area contributed by atoms with E-state index < -0.39 is 11.9 Å². The van der Waals surface area contributed by atoms with Crippen LogP contribution >= 0.6 is 0 Å². The summed E-state index contributed by atoms with van der Waals surface area (Å²) in [7, 11) is 0. The first kappa shape index (κ1) is 14.4. The van der Waals surface area contributed by atoms with Gasteiger partial charge in [0.2, 0.25) is 5.91 Å². The second kappa shape index (κ2) is 5.35. The highest BCUT2D eigenvalue weighted by Gasteiger charge is 2.28. The zero-order valence-corrected chi connectivity index (χ0v) is 11.0. The molecule has 0 saturated heterocycles. The Morgan fingerprint density at radius 2 is 2.06 bits per heavy atom. The van der Waals surface area contributed by atoms with Gasteiger partial charge in [0, 0.05) is 0 Å². The summed E-state index contributed by atoms with van der Waals surface area (Å²) in [6, 6.07) is -0.660. The fourth-order valence-corrected chi connectivity index (χ4v) is 1.42. The molecule has 1 amide bonds. The zero-order valence-electron chi connectivity index (χ0n) is 11.0. The molecule has 0 aromatic heterocycles. The maximum atomic E-state index is 13.1. The lowest BCUT2D eigenvalue weighted by Crippen LogP contribution is -2.48. The summed E-state index contributed by atoms with van der Waals surface area (Å²) in [5.41, 5.74) is 11.8. The van der Waals surface area contributed by atoms with Gasteiger partial charge in [0.15, 0.2) is 0 Å². The molecule has 0 aromatic rings. The van der Waals surface area contributed by atoms with Crippen LogP contribution in [-0.2, 0) is 4.79 Å². The molecule has 1 rings (SSSR count). The molecule has 0 unspecified atom stereocenters. The van der Waals surface area contributed by atoms with E-state index in [-0.39, 0.29) is 17.0 Å². The topological polar surface area (TPSA) is 81.1 Å². The largest absolute Gasteiger partial charge is 0.397 e.